The lowest BCUT2D eigenvalue weighted by Gasteiger charge is -2.31. The number of carbonyl (C=O) groups is 2. The van der Waals surface area contributed by atoms with Crippen molar-refractivity contribution in [1.29, 1.82) is 0 Å². The van der Waals surface area contributed by atoms with E-state index in [1.165, 1.54) is 12.1 Å². The number of rotatable bonds is 10. The summed E-state index contributed by atoms with van der Waals surface area (Å²) in [5, 5.41) is 5.80. The van der Waals surface area contributed by atoms with Crippen LogP contribution >= 0.6 is 0 Å². The van der Waals surface area contributed by atoms with Crippen molar-refractivity contribution < 1.29 is 36.6 Å². The maximum Gasteiger partial charge on any atom is 0.411 e. The predicted molar refractivity (Wildman–Crippen MR) is 147 cm³/mol. The first-order valence-electron chi connectivity index (χ1n) is 13.4. The molecule has 1 fully saturated rings. The Balaban J connectivity index is 1.32. The minimum absolute atomic E-state index is 0.0764. The lowest BCUT2D eigenvalue weighted by atomic mass is 9.89. The molecule has 0 bridgehead atoms. The number of anilines is 1. The van der Waals surface area contributed by atoms with E-state index in [2.05, 4.69) is 15.6 Å². The number of aromatic nitrogens is 1. The predicted octanol–water partition coefficient (Wildman–Crippen LogP) is 5.26. The second kappa shape index (κ2) is 14.2. The van der Waals surface area contributed by atoms with Crippen molar-refractivity contribution in [2.75, 3.05) is 32.1 Å². The third-order valence-electron chi connectivity index (χ3n) is 6.84. The molecule has 3 atom stereocenters. The number of hydrogen-bond donors (Lipinski definition) is 2. The maximum absolute atomic E-state index is 14.9. The van der Waals surface area contributed by atoms with Crippen LogP contribution in [0.3, 0.4) is 0 Å². The highest BCUT2D eigenvalue weighted by molar-refractivity contribution is 5.92. The molecule has 1 aliphatic rings. The van der Waals surface area contributed by atoms with Crippen LogP contribution in [0.25, 0.3) is 0 Å². The summed E-state index contributed by atoms with van der Waals surface area (Å²) < 4.78 is 63.1. The number of nitrogens with zero attached hydrogens (tertiary/aromatic N) is 2. The Hall–Kier alpha value is -4.03. The molecule has 0 aliphatic carbocycles. The topological polar surface area (TPSA) is 92.8 Å². The maximum atomic E-state index is 14.9. The first-order chi connectivity index (χ1) is 20.1. The average molecular weight is 589 g/mol. The molecule has 2 aromatic carbocycles. The Morgan fingerprint density at radius 3 is 2.48 bits per heavy atom. The molecule has 2 N–H and O–H groups in total. The number of morpholine rings is 1. The van der Waals surface area contributed by atoms with Crippen molar-refractivity contribution in [2.24, 2.45) is 0 Å². The summed E-state index contributed by atoms with van der Waals surface area (Å²) in [5.74, 6) is -0.962. The summed E-state index contributed by atoms with van der Waals surface area (Å²) in [5.41, 5.74) is 2.60. The molecular weight excluding hydrogens is 556 g/mol. The Morgan fingerprint density at radius 2 is 1.81 bits per heavy atom. The number of hydrogen-bond acceptors (Lipinski definition) is 6. The smallest absolute Gasteiger partial charge is 0.411 e. The monoisotopic (exact) mass is 588 g/mol. The first-order valence-corrected chi connectivity index (χ1v) is 13.4. The number of pyridine rings is 1. The molecule has 12 heteroatoms. The van der Waals surface area contributed by atoms with Gasteiger partial charge in [-0.3, -0.25) is 15.1 Å². The fourth-order valence-corrected chi connectivity index (χ4v) is 4.74. The molecule has 1 aromatic heterocycles. The molecule has 4 rings (SSSR count). The van der Waals surface area contributed by atoms with Crippen LogP contribution in [0.1, 0.15) is 35.4 Å². The van der Waals surface area contributed by atoms with Gasteiger partial charge in [0.05, 0.1) is 12.7 Å². The molecule has 42 heavy (non-hydrogen) atoms. The fourth-order valence-electron chi connectivity index (χ4n) is 4.74. The summed E-state index contributed by atoms with van der Waals surface area (Å²) in [6.07, 6.45) is -2.83. The molecule has 0 unspecified atom stereocenters. The second-order valence-electron chi connectivity index (χ2n) is 10.0. The zero-order valence-electron chi connectivity index (χ0n) is 22.9. The van der Waals surface area contributed by atoms with Crippen molar-refractivity contribution in [2.45, 2.75) is 43.7 Å². The van der Waals surface area contributed by atoms with Gasteiger partial charge in [0, 0.05) is 49.6 Å². The van der Waals surface area contributed by atoms with E-state index >= 15 is 0 Å². The Bertz CT molecular complexity index is 1280. The standard InChI is InChI=1S/C30H32F4N4O4/c1-38(19-30(32,33)34)29(40)42-28-18-41-22(17-36-28)10-11-23-25(31)8-5-9-26(23)37-27(39)16-24(20-6-3-2-4-7-20)21-12-14-35-15-13-21/h2-9,12-15,22,24,28,36H,10-11,16-19H2,1H3,(H,37,39)/t22-,24-,28+/m1/s1. The highest BCUT2D eigenvalue weighted by Crippen LogP contribution is 2.29. The molecule has 2 heterocycles. The summed E-state index contributed by atoms with van der Waals surface area (Å²) in [4.78, 5) is 29.6. The van der Waals surface area contributed by atoms with Crippen LogP contribution in [-0.2, 0) is 20.7 Å². The molecular formula is C30H32F4N4O4. The normalized spacial score (nSPS) is 17.7. The summed E-state index contributed by atoms with van der Waals surface area (Å²) >= 11 is 0. The molecule has 0 spiro atoms. The van der Waals surface area contributed by atoms with E-state index in [1.807, 2.05) is 42.5 Å². The number of nitrogens with one attached hydrogen (secondary N) is 2. The molecule has 1 aliphatic heterocycles. The third-order valence-corrected chi connectivity index (χ3v) is 6.84. The van der Waals surface area contributed by atoms with E-state index in [0.29, 0.717) is 22.6 Å². The SMILES string of the molecule is CN(CC(F)(F)F)C(=O)O[C@H]1CO[C@H](CCc2c(F)cccc2NC(=O)C[C@H](c2ccccc2)c2ccncc2)CN1. The van der Waals surface area contributed by atoms with Crippen LogP contribution in [0.15, 0.2) is 73.1 Å². The van der Waals surface area contributed by atoms with Crippen molar-refractivity contribution in [3.05, 3.63) is 95.6 Å². The first kappa shape index (κ1) is 30.9. The van der Waals surface area contributed by atoms with Crippen molar-refractivity contribution in [3.63, 3.8) is 0 Å². The average Bonchev–Trinajstić information content (AvgIpc) is 2.96. The van der Waals surface area contributed by atoms with Crippen LogP contribution in [0.5, 0.6) is 0 Å². The van der Waals surface area contributed by atoms with Gasteiger partial charge in [0.25, 0.3) is 0 Å². The number of carbonyl (C=O) groups excluding carboxylic acids is 2. The fraction of sp³-hybridized carbons (Fsp3) is 0.367. The zero-order chi connectivity index (χ0) is 30.1. The third kappa shape index (κ3) is 8.98. The zero-order valence-corrected chi connectivity index (χ0v) is 22.9. The lowest BCUT2D eigenvalue weighted by molar-refractivity contribution is -0.143. The quantitative estimate of drug-likeness (QED) is 0.314. The number of amides is 2. The molecule has 1 saturated heterocycles. The van der Waals surface area contributed by atoms with E-state index in [0.717, 1.165) is 18.2 Å². The lowest BCUT2D eigenvalue weighted by Crippen LogP contribution is -2.50. The van der Waals surface area contributed by atoms with E-state index in [9.17, 15) is 27.2 Å². The minimum atomic E-state index is -4.54. The molecule has 8 nitrogen and oxygen atoms in total. The van der Waals surface area contributed by atoms with E-state index in [4.69, 9.17) is 9.47 Å². The number of benzene rings is 2. The van der Waals surface area contributed by atoms with Gasteiger partial charge in [-0.25, -0.2) is 9.18 Å². The number of halogens is 4. The highest BCUT2D eigenvalue weighted by atomic mass is 19.4. The van der Waals surface area contributed by atoms with Crippen LogP contribution < -0.4 is 10.6 Å². The molecule has 0 saturated carbocycles. The Labute approximate surface area is 241 Å². The second-order valence-corrected chi connectivity index (χ2v) is 10.0. The molecule has 3 aromatic rings. The molecule has 0 radical (unpaired) electrons. The van der Waals surface area contributed by atoms with Crippen LogP contribution in [0.4, 0.5) is 28.0 Å². The van der Waals surface area contributed by atoms with Gasteiger partial charge in [0.1, 0.15) is 12.4 Å². The van der Waals surface area contributed by atoms with Crippen molar-refractivity contribution in [3.8, 4) is 0 Å². The van der Waals surface area contributed by atoms with Crippen molar-refractivity contribution in [1.82, 2.24) is 15.2 Å². The van der Waals surface area contributed by atoms with Gasteiger partial charge in [-0.2, -0.15) is 13.2 Å². The highest BCUT2D eigenvalue weighted by Gasteiger charge is 2.33. The van der Waals surface area contributed by atoms with Crippen LogP contribution in [0.2, 0.25) is 0 Å². The van der Waals surface area contributed by atoms with E-state index < -0.39 is 30.9 Å². The van der Waals surface area contributed by atoms with Crippen LogP contribution in [0, 0.1) is 5.82 Å². The summed E-state index contributed by atoms with van der Waals surface area (Å²) in [7, 11) is 0.994. The van der Waals surface area contributed by atoms with Gasteiger partial charge in [-0.05, 0) is 48.2 Å². The van der Waals surface area contributed by atoms with Crippen LogP contribution in [-0.4, -0.2) is 67.1 Å². The Kier molecular flexibility index (Phi) is 10.5. The van der Waals surface area contributed by atoms with E-state index in [-0.39, 0.29) is 43.9 Å². The van der Waals surface area contributed by atoms with Gasteiger partial charge >= 0.3 is 12.3 Å². The summed E-state index contributed by atoms with van der Waals surface area (Å²) in [6, 6.07) is 17.9. The molecule has 2 amide bonds. The minimum Gasteiger partial charge on any atom is -0.428 e. The van der Waals surface area contributed by atoms with Gasteiger partial charge < -0.3 is 19.7 Å². The van der Waals surface area contributed by atoms with Gasteiger partial charge in [-0.1, -0.05) is 36.4 Å². The van der Waals surface area contributed by atoms with Gasteiger partial charge in [0.2, 0.25) is 5.91 Å². The number of alkyl halides is 3. The number of ether oxygens (including phenoxy) is 2. The Morgan fingerprint density at radius 1 is 1.10 bits per heavy atom. The van der Waals surface area contributed by atoms with Crippen molar-refractivity contribution >= 4 is 17.7 Å². The van der Waals surface area contributed by atoms with Gasteiger partial charge in [0.15, 0.2) is 6.23 Å². The van der Waals surface area contributed by atoms with E-state index in [1.54, 1.807) is 18.5 Å². The largest absolute Gasteiger partial charge is 0.428 e. The summed E-state index contributed by atoms with van der Waals surface area (Å²) in [6.45, 7) is -1.27. The van der Waals surface area contributed by atoms with Gasteiger partial charge in [-0.15, -0.1) is 0 Å². The molecule has 224 valence electrons.